The maximum Gasteiger partial charge on any atom is 0.193 e. The normalized spacial score (nSPS) is 22.5. The summed E-state index contributed by atoms with van der Waals surface area (Å²) in [6.45, 7) is 9.31. The average molecular weight is 290 g/mol. The third kappa shape index (κ3) is 3.19. The standard InChI is InChI=1S/C15H26N6/c1-3-16-15(20-8-4-5-9-20)17-10-13-6-7-14-19-18-12(2)21(14)11-13/h13H,3-11H2,1-2H3,(H,16,17). The summed E-state index contributed by atoms with van der Waals surface area (Å²) in [5.74, 6) is 3.87. The van der Waals surface area contributed by atoms with Gasteiger partial charge in [-0.05, 0) is 39.0 Å². The Kier molecular flexibility index (Phi) is 4.41. The fourth-order valence-electron chi connectivity index (χ4n) is 3.25. The molecule has 3 heterocycles. The number of fused-ring (bicyclic) bond motifs is 1. The first-order valence-electron chi connectivity index (χ1n) is 8.20. The van der Waals surface area contributed by atoms with Gasteiger partial charge in [-0.1, -0.05) is 0 Å². The molecule has 6 nitrogen and oxygen atoms in total. The summed E-state index contributed by atoms with van der Waals surface area (Å²) in [5, 5.41) is 11.8. The average Bonchev–Trinajstić information content (AvgIpc) is 3.14. The Bertz CT molecular complexity index is 500. The third-order valence-corrected chi connectivity index (χ3v) is 4.47. The number of likely N-dealkylation sites (tertiary alicyclic amines) is 1. The van der Waals surface area contributed by atoms with Crippen molar-refractivity contribution in [2.24, 2.45) is 10.9 Å². The Morgan fingerprint density at radius 1 is 1.33 bits per heavy atom. The van der Waals surface area contributed by atoms with Crippen molar-refractivity contribution in [1.82, 2.24) is 25.0 Å². The predicted molar refractivity (Wildman–Crippen MR) is 83.4 cm³/mol. The van der Waals surface area contributed by atoms with Gasteiger partial charge in [0.2, 0.25) is 0 Å². The van der Waals surface area contributed by atoms with Gasteiger partial charge in [-0.25, -0.2) is 0 Å². The van der Waals surface area contributed by atoms with Crippen LogP contribution in [0.4, 0.5) is 0 Å². The van der Waals surface area contributed by atoms with Crippen LogP contribution in [-0.2, 0) is 13.0 Å². The van der Waals surface area contributed by atoms with Crippen molar-refractivity contribution in [3.63, 3.8) is 0 Å². The molecule has 2 aliphatic heterocycles. The number of aryl methyl sites for hydroxylation is 2. The van der Waals surface area contributed by atoms with Gasteiger partial charge < -0.3 is 14.8 Å². The number of rotatable bonds is 3. The van der Waals surface area contributed by atoms with Crippen molar-refractivity contribution in [3.8, 4) is 0 Å². The van der Waals surface area contributed by atoms with E-state index < -0.39 is 0 Å². The second kappa shape index (κ2) is 6.45. The molecule has 3 rings (SSSR count). The molecule has 21 heavy (non-hydrogen) atoms. The largest absolute Gasteiger partial charge is 0.357 e. The molecule has 0 bridgehead atoms. The monoisotopic (exact) mass is 290 g/mol. The van der Waals surface area contributed by atoms with E-state index in [1.807, 2.05) is 6.92 Å². The van der Waals surface area contributed by atoms with Crippen LogP contribution in [0.1, 0.15) is 37.8 Å². The number of nitrogens with one attached hydrogen (secondary N) is 1. The Hall–Kier alpha value is -1.59. The van der Waals surface area contributed by atoms with E-state index in [0.717, 1.165) is 56.8 Å². The molecule has 1 aromatic heterocycles. The zero-order valence-electron chi connectivity index (χ0n) is 13.2. The summed E-state index contributed by atoms with van der Waals surface area (Å²) in [6.07, 6.45) is 4.77. The van der Waals surface area contributed by atoms with Crippen LogP contribution in [0, 0.1) is 12.8 Å². The van der Waals surface area contributed by atoms with Crippen molar-refractivity contribution in [3.05, 3.63) is 11.6 Å². The number of guanidine groups is 1. The third-order valence-electron chi connectivity index (χ3n) is 4.47. The highest BCUT2D eigenvalue weighted by Gasteiger charge is 2.22. The summed E-state index contributed by atoms with van der Waals surface area (Å²) in [6, 6.07) is 0. The Morgan fingerprint density at radius 2 is 2.14 bits per heavy atom. The first-order chi connectivity index (χ1) is 10.3. The fraction of sp³-hybridized carbons (Fsp3) is 0.800. The van der Waals surface area contributed by atoms with Crippen molar-refractivity contribution in [2.75, 3.05) is 26.2 Å². The van der Waals surface area contributed by atoms with E-state index in [2.05, 4.69) is 31.9 Å². The van der Waals surface area contributed by atoms with Gasteiger partial charge in [0.1, 0.15) is 11.6 Å². The van der Waals surface area contributed by atoms with Crippen LogP contribution in [-0.4, -0.2) is 51.8 Å². The zero-order chi connectivity index (χ0) is 14.7. The van der Waals surface area contributed by atoms with E-state index in [0.29, 0.717) is 5.92 Å². The fourth-order valence-corrected chi connectivity index (χ4v) is 3.25. The van der Waals surface area contributed by atoms with Crippen molar-refractivity contribution >= 4 is 5.96 Å². The topological polar surface area (TPSA) is 58.3 Å². The molecule has 6 heteroatoms. The molecule has 0 radical (unpaired) electrons. The number of hydrogen-bond acceptors (Lipinski definition) is 3. The Morgan fingerprint density at radius 3 is 2.90 bits per heavy atom. The summed E-state index contributed by atoms with van der Waals surface area (Å²) in [4.78, 5) is 7.27. The lowest BCUT2D eigenvalue weighted by atomic mass is 9.99. The first-order valence-corrected chi connectivity index (χ1v) is 8.20. The first kappa shape index (κ1) is 14.4. The van der Waals surface area contributed by atoms with E-state index in [-0.39, 0.29) is 0 Å². The minimum atomic E-state index is 0.600. The molecule has 1 aromatic rings. The SMILES string of the molecule is CCNC(=NCC1CCc2nnc(C)n2C1)N1CCCC1. The molecular weight excluding hydrogens is 264 g/mol. The number of hydrogen-bond donors (Lipinski definition) is 1. The molecule has 1 atom stereocenters. The highest BCUT2D eigenvalue weighted by atomic mass is 15.3. The van der Waals surface area contributed by atoms with Crippen LogP contribution >= 0.6 is 0 Å². The minimum Gasteiger partial charge on any atom is -0.357 e. The molecule has 0 saturated carbocycles. The van der Waals surface area contributed by atoms with E-state index in [1.165, 1.54) is 19.3 Å². The molecule has 0 amide bonds. The van der Waals surface area contributed by atoms with Gasteiger partial charge in [0.15, 0.2) is 5.96 Å². The number of aromatic nitrogens is 3. The van der Waals surface area contributed by atoms with Crippen molar-refractivity contribution < 1.29 is 0 Å². The lowest BCUT2D eigenvalue weighted by Crippen LogP contribution is -2.40. The second-order valence-electron chi connectivity index (χ2n) is 6.07. The Labute approximate surface area is 126 Å². The quantitative estimate of drug-likeness (QED) is 0.671. The smallest absolute Gasteiger partial charge is 0.193 e. The van der Waals surface area contributed by atoms with Crippen LogP contribution in [0.25, 0.3) is 0 Å². The van der Waals surface area contributed by atoms with E-state index in [9.17, 15) is 0 Å². The molecule has 0 aromatic carbocycles. The number of aliphatic imine (C=N–C) groups is 1. The summed E-state index contributed by atoms with van der Waals surface area (Å²) in [5.41, 5.74) is 0. The van der Waals surface area contributed by atoms with Gasteiger partial charge in [0, 0.05) is 39.1 Å². The van der Waals surface area contributed by atoms with Gasteiger partial charge >= 0.3 is 0 Å². The van der Waals surface area contributed by atoms with Gasteiger partial charge in [0.25, 0.3) is 0 Å². The van der Waals surface area contributed by atoms with Crippen LogP contribution in [0.2, 0.25) is 0 Å². The van der Waals surface area contributed by atoms with E-state index in [1.54, 1.807) is 0 Å². The van der Waals surface area contributed by atoms with Crippen LogP contribution in [0.3, 0.4) is 0 Å². The highest BCUT2D eigenvalue weighted by molar-refractivity contribution is 5.80. The molecule has 1 saturated heterocycles. The molecule has 1 N–H and O–H groups in total. The molecular formula is C15H26N6. The summed E-state index contributed by atoms with van der Waals surface area (Å²) in [7, 11) is 0. The van der Waals surface area contributed by atoms with Crippen LogP contribution in [0.5, 0.6) is 0 Å². The van der Waals surface area contributed by atoms with Gasteiger partial charge in [-0.3, -0.25) is 4.99 Å². The van der Waals surface area contributed by atoms with Crippen LogP contribution in [0.15, 0.2) is 4.99 Å². The second-order valence-corrected chi connectivity index (χ2v) is 6.07. The molecule has 2 aliphatic rings. The van der Waals surface area contributed by atoms with Crippen molar-refractivity contribution in [2.45, 2.75) is 46.1 Å². The van der Waals surface area contributed by atoms with Crippen molar-refractivity contribution in [1.29, 1.82) is 0 Å². The minimum absolute atomic E-state index is 0.600. The van der Waals surface area contributed by atoms with Gasteiger partial charge in [-0.2, -0.15) is 0 Å². The maximum atomic E-state index is 4.88. The molecule has 1 fully saturated rings. The van der Waals surface area contributed by atoms with E-state index in [4.69, 9.17) is 4.99 Å². The van der Waals surface area contributed by atoms with Gasteiger partial charge in [-0.15, -0.1) is 10.2 Å². The molecule has 0 spiro atoms. The lowest BCUT2D eigenvalue weighted by Gasteiger charge is -2.25. The summed E-state index contributed by atoms with van der Waals surface area (Å²) >= 11 is 0. The maximum absolute atomic E-state index is 4.88. The zero-order valence-corrected chi connectivity index (χ0v) is 13.2. The molecule has 1 unspecified atom stereocenters. The van der Waals surface area contributed by atoms with Crippen LogP contribution < -0.4 is 5.32 Å². The number of nitrogens with zero attached hydrogens (tertiary/aromatic N) is 5. The van der Waals surface area contributed by atoms with Gasteiger partial charge in [0.05, 0.1) is 0 Å². The van der Waals surface area contributed by atoms with E-state index >= 15 is 0 Å². The predicted octanol–water partition coefficient (Wildman–Crippen LogP) is 1.21. The Balaban J connectivity index is 1.63. The molecule has 116 valence electrons. The lowest BCUT2D eigenvalue weighted by molar-refractivity contribution is 0.367. The molecule has 0 aliphatic carbocycles. The highest BCUT2D eigenvalue weighted by Crippen LogP contribution is 2.20. The summed E-state index contributed by atoms with van der Waals surface area (Å²) < 4.78 is 2.26.